The summed E-state index contributed by atoms with van der Waals surface area (Å²) >= 11 is 5.80. The first-order chi connectivity index (χ1) is 7.65. The van der Waals surface area contributed by atoms with Crippen molar-refractivity contribution in [1.29, 1.82) is 0 Å². The lowest BCUT2D eigenvalue weighted by molar-refractivity contribution is -0.150. The first-order valence-corrected chi connectivity index (χ1v) is 6.56. The Morgan fingerprint density at radius 3 is 2.50 bits per heavy atom. The molecule has 94 valence electrons. The minimum atomic E-state index is -0.123. The van der Waals surface area contributed by atoms with E-state index < -0.39 is 0 Å². The molecule has 1 rings (SSSR count). The topological polar surface area (TPSA) is 38.3 Å². The van der Waals surface area contributed by atoms with Crippen molar-refractivity contribution in [3.63, 3.8) is 0 Å². The Labute approximate surface area is 103 Å². The van der Waals surface area contributed by atoms with E-state index >= 15 is 0 Å². The number of hydrogen-bond acceptors (Lipinski definition) is 3. The lowest BCUT2D eigenvalue weighted by Crippen LogP contribution is -2.47. The van der Waals surface area contributed by atoms with Gasteiger partial charge in [0.15, 0.2) is 0 Å². The highest BCUT2D eigenvalue weighted by Crippen LogP contribution is 2.39. The number of carbonyl (C=O) groups excluding carboxylic acids is 1. The molecule has 0 bridgehead atoms. The largest absolute Gasteiger partial charge is 0.466 e. The van der Waals surface area contributed by atoms with Crippen molar-refractivity contribution in [2.45, 2.75) is 46.1 Å². The Kier molecular flexibility index (Phi) is 5.56. The van der Waals surface area contributed by atoms with Crippen molar-refractivity contribution < 1.29 is 9.53 Å². The molecule has 4 atom stereocenters. The molecule has 0 aromatic carbocycles. The van der Waals surface area contributed by atoms with Crippen LogP contribution in [0.15, 0.2) is 0 Å². The van der Waals surface area contributed by atoms with Crippen LogP contribution in [0.1, 0.15) is 40.0 Å². The predicted molar refractivity (Wildman–Crippen MR) is 65.1 cm³/mol. The molecule has 0 saturated heterocycles. The summed E-state index contributed by atoms with van der Waals surface area (Å²) in [6.07, 6.45) is 3.16. The summed E-state index contributed by atoms with van der Waals surface area (Å²) in [6, 6.07) is 0.0504. The number of hydrogen-bond donors (Lipinski definition) is 1. The predicted octanol–water partition coefficient (Wildman–Crippen LogP) is 2.73. The van der Waals surface area contributed by atoms with E-state index in [9.17, 15) is 4.79 Å². The van der Waals surface area contributed by atoms with E-state index in [4.69, 9.17) is 16.5 Å². The Hall–Kier alpha value is -0.280. The Morgan fingerprint density at radius 1 is 1.50 bits per heavy atom. The van der Waals surface area contributed by atoms with Gasteiger partial charge in [0.1, 0.15) is 0 Å². The number of ether oxygens (including phenoxy) is 1. The van der Waals surface area contributed by atoms with Crippen LogP contribution in [-0.2, 0) is 9.53 Å². The van der Waals surface area contributed by atoms with Gasteiger partial charge in [-0.25, -0.2) is 4.84 Å². The molecule has 1 aliphatic rings. The SMILES string of the molecule is CCOC(=O)C(CC)C(NCl)[C@H]1CCC1C. The molecule has 1 N–H and O–H groups in total. The summed E-state index contributed by atoms with van der Waals surface area (Å²) in [7, 11) is 0. The minimum absolute atomic E-state index is 0.0504. The van der Waals surface area contributed by atoms with Crippen LogP contribution in [-0.4, -0.2) is 18.6 Å². The average Bonchev–Trinajstić information content (AvgIpc) is 2.26. The van der Waals surface area contributed by atoms with Crippen molar-refractivity contribution in [3.05, 3.63) is 0 Å². The fourth-order valence-electron chi connectivity index (χ4n) is 2.50. The molecule has 3 unspecified atom stereocenters. The number of nitrogens with one attached hydrogen (secondary N) is 1. The zero-order valence-electron chi connectivity index (χ0n) is 10.3. The van der Waals surface area contributed by atoms with E-state index in [1.807, 2.05) is 13.8 Å². The lowest BCUT2D eigenvalue weighted by Gasteiger charge is -2.41. The molecule has 0 aliphatic heterocycles. The van der Waals surface area contributed by atoms with Crippen molar-refractivity contribution in [2.75, 3.05) is 6.61 Å². The summed E-state index contributed by atoms with van der Waals surface area (Å²) in [4.78, 5) is 14.6. The summed E-state index contributed by atoms with van der Waals surface area (Å²) in [5.41, 5.74) is 0. The van der Waals surface area contributed by atoms with Gasteiger partial charge in [-0.05, 0) is 43.4 Å². The summed E-state index contributed by atoms with van der Waals surface area (Å²) in [5.74, 6) is 0.916. The van der Waals surface area contributed by atoms with Gasteiger partial charge in [-0.15, -0.1) is 0 Å². The van der Waals surface area contributed by atoms with Gasteiger partial charge < -0.3 is 4.74 Å². The maximum atomic E-state index is 11.8. The second-order valence-electron chi connectivity index (χ2n) is 4.62. The fraction of sp³-hybridized carbons (Fsp3) is 0.917. The van der Waals surface area contributed by atoms with E-state index in [2.05, 4.69) is 11.8 Å². The lowest BCUT2D eigenvalue weighted by atomic mass is 9.67. The summed E-state index contributed by atoms with van der Waals surface area (Å²) in [5, 5.41) is 0. The Bertz CT molecular complexity index is 235. The number of halogens is 1. The van der Waals surface area contributed by atoms with Crippen LogP contribution < -0.4 is 4.84 Å². The highest BCUT2D eigenvalue weighted by Gasteiger charge is 2.40. The quantitative estimate of drug-likeness (QED) is 0.579. The van der Waals surface area contributed by atoms with E-state index in [0.29, 0.717) is 18.4 Å². The van der Waals surface area contributed by atoms with Gasteiger partial charge in [-0.1, -0.05) is 20.3 Å². The second-order valence-corrected chi connectivity index (χ2v) is 4.84. The van der Waals surface area contributed by atoms with Crippen LogP contribution in [0.25, 0.3) is 0 Å². The zero-order valence-corrected chi connectivity index (χ0v) is 11.1. The molecule has 1 saturated carbocycles. The Morgan fingerprint density at radius 2 is 2.19 bits per heavy atom. The van der Waals surface area contributed by atoms with Crippen LogP contribution in [0, 0.1) is 17.8 Å². The number of carbonyl (C=O) groups is 1. The zero-order chi connectivity index (χ0) is 12.1. The van der Waals surface area contributed by atoms with Crippen LogP contribution in [0.5, 0.6) is 0 Å². The van der Waals surface area contributed by atoms with Gasteiger partial charge in [-0.2, -0.15) is 0 Å². The summed E-state index contributed by atoms with van der Waals surface area (Å²) in [6.45, 7) is 6.49. The van der Waals surface area contributed by atoms with Gasteiger partial charge in [0.05, 0.1) is 12.5 Å². The smallest absolute Gasteiger partial charge is 0.310 e. The van der Waals surface area contributed by atoms with Gasteiger partial charge >= 0.3 is 5.97 Å². The second kappa shape index (κ2) is 6.45. The minimum Gasteiger partial charge on any atom is -0.466 e. The third-order valence-electron chi connectivity index (χ3n) is 3.74. The molecule has 4 heteroatoms. The monoisotopic (exact) mass is 247 g/mol. The molecule has 0 aromatic rings. The highest BCUT2D eigenvalue weighted by atomic mass is 35.5. The van der Waals surface area contributed by atoms with Gasteiger partial charge in [0, 0.05) is 6.04 Å². The maximum Gasteiger partial charge on any atom is 0.310 e. The Balaban J connectivity index is 2.63. The number of rotatable bonds is 6. The van der Waals surface area contributed by atoms with E-state index in [-0.39, 0.29) is 17.9 Å². The van der Waals surface area contributed by atoms with Crippen LogP contribution >= 0.6 is 11.8 Å². The highest BCUT2D eigenvalue weighted by molar-refractivity contribution is 6.13. The van der Waals surface area contributed by atoms with Gasteiger partial charge in [0.2, 0.25) is 0 Å². The van der Waals surface area contributed by atoms with Gasteiger partial charge in [-0.3, -0.25) is 4.79 Å². The average molecular weight is 248 g/mol. The van der Waals surface area contributed by atoms with Crippen molar-refractivity contribution in [1.82, 2.24) is 4.84 Å². The van der Waals surface area contributed by atoms with E-state index in [1.165, 1.54) is 6.42 Å². The standard InChI is InChI=1S/C12H22ClNO2/c1-4-9(12(15)16-5-2)11(14-13)10-7-6-8(10)3/h8-11,14H,4-7H2,1-3H3/t8?,9?,10-,11?/m0/s1. The molecule has 0 aromatic heterocycles. The van der Waals surface area contributed by atoms with Crippen molar-refractivity contribution in [2.24, 2.45) is 17.8 Å². The maximum absolute atomic E-state index is 11.8. The molecule has 1 fully saturated rings. The van der Waals surface area contributed by atoms with Crippen LogP contribution in [0.4, 0.5) is 0 Å². The normalized spacial score (nSPS) is 28.0. The summed E-state index contributed by atoms with van der Waals surface area (Å²) < 4.78 is 5.09. The van der Waals surface area contributed by atoms with Crippen molar-refractivity contribution in [3.8, 4) is 0 Å². The third-order valence-corrected chi connectivity index (χ3v) is 3.99. The molecular weight excluding hydrogens is 226 g/mol. The molecule has 0 spiro atoms. The van der Waals surface area contributed by atoms with E-state index in [1.54, 1.807) is 0 Å². The van der Waals surface area contributed by atoms with E-state index in [0.717, 1.165) is 12.8 Å². The molecule has 0 amide bonds. The molecule has 1 aliphatic carbocycles. The molecule has 0 radical (unpaired) electrons. The first kappa shape index (κ1) is 13.8. The van der Waals surface area contributed by atoms with Crippen LogP contribution in [0.2, 0.25) is 0 Å². The number of esters is 1. The first-order valence-electron chi connectivity index (χ1n) is 6.18. The fourth-order valence-corrected chi connectivity index (χ4v) is 2.81. The molecule has 3 nitrogen and oxygen atoms in total. The molecular formula is C12H22ClNO2. The van der Waals surface area contributed by atoms with Crippen LogP contribution in [0.3, 0.4) is 0 Å². The molecule has 0 heterocycles. The van der Waals surface area contributed by atoms with Crippen molar-refractivity contribution >= 4 is 17.7 Å². The van der Waals surface area contributed by atoms with Gasteiger partial charge in [0.25, 0.3) is 0 Å². The third kappa shape index (κ3) is 2.89. The molecule has 16 heavy (non-hydrogen) atoms.